The van der Waals surface area contributed by atoms with Crippen molar-refractivity contribution >= 4 is 22.6 Å². The predicted molar refractivity (Wildman–Crippen MR) is 98.6 cm³/mol. The highest BCUT2D eigenvalue weighted by molar-refractivity contribution is 5.97. The smallest absolute Gasteiger partial charge is 0.267 e. The molecule has 0 spiro atoms. The molecule has 6 nitrogen and oxygen atoms in total. The monoisotopic (exact) mass is 355 g/mol. The first kappa shape index (κ1) is 17.2. The van der Waals surface area contributed by atoms with Gasteiger partial charge >= 0.3 is 0 Å². The fraction of sp³-hybridized carbons (Fsp3) is 0.500. The number of para-hydroxylation sites is 1. The van der Waals surface area contributed by atoms with Gasteiger partial charge < -0.3 is 10.3 Å². The van der Waals surface area contributed by atoms with E-state index >= 15 is 0 Å². The van der Waals surface area contributed by atoms with Gasteiger partial charge in [-0.05, 0) is 36.8 Å². The maximum Gasteiger partial charge on any atom is 0.267 e. The number of hydrogen-bond donors (Lipinski definition) is 3. The number of ketones is 1. The Balaban J connectivity index is 1.30. The minimum absolute atomic E-state index is 0.00318. The molecule has 1 saturated carbocycles. The molecule has 1 aliphatic carbocycles. The van der Waals surface area contributed by atoms with Gasteiger partial charge in [-0.1, -0.05) is 25.1 Å². The number of fused-ring (bicyclic) bond motifs is 2. The van der Waals surface area contributed by atoms with Gasteiger partial charge in [0.15, 0.2) is 0 Å². The molecule has 2 heterocycles. The van der Waals surface area contributed by atoms with Crippen molar-refractivity contribution in [1.82, 2.24) is 15.8 Å². The van der Waals surface area contributed by atoms with E-state index in [9.17, 15) is 9.59 Å². The van der Waals surface area contributed by atoms with Gasteiger partial charge in [0, 0.05) is 36.3 Å². The lowest BCUT2D eigenvalue weighted by atomic mass is 9.74. The molecule has 0 radical (unpaired) electrons. The summed E-state index contributed by atoms with van der Waals surface area (Å²) in [6.45, 7) is 2.79. The zero-order valence-corrected chi connectivity index (χ0v) is 15.0. The maximum absolute atomic E-state index is 12.4. The van der Waals surface area contributed by atoms with E-state index in [1.807, 2.05) is 30.3 Å². The maximum atomic E-state index is 12.4. The van der Waals surface area contributed by atoms with Crippen LogP contribution in [0.5, 0.6) is 0 Å². The number of benzene rings is 1. The van der Waals surface area contributed by atoms with Crippen LogP contribution in [0.2, 0.25) is 0 Å². The molecular weight excluding hydrogens is 330 g/mol. The Hall–Kier alpha value is -2.18. The largest absolute Gasteiger partial charge is 0.351 e. The Morgan fingerprint density at radius 1 is 1.35 bits per heavy atom. The molecule has 1 amide bonds. The van der Waals surface area contributed by atoms with Crippen LogP contribution < -0.4 is 10.8 Å². The van der Waals surface area contributed by atoms with Gasteiger partial charge in [0.05, 0.1) is 6.10 Å². The SMILES string of the molecule is CC1C(CCNC(=O)c2cc3ccccc3[nH]2)NOC2CC(=O)CCC21. The number of aromatic nitrogens is 1. The summed E-state index contributed by atoms with van der Waals surface area (Å²) in [5, 5.41) is 4.02. The number of hydrogen-bond acceptors (Lipinski definition) is 4. The highest BCUT2D eigenvalue weighted by atomic mass is 16.7. The number of carbonyl (C=O) groups is 2. The average molecular weight is 355 g/mol. The lowest BCUT2D eigenvalue weighted by molar-refractivity contribution is -0.160. The normalized spacial score (nSPS) is 28.7. The van der Waals surface area contributed by atoms with Crippen LogP contribution in [0.4, 0.5) is 0 Å². The minimum atomic E-state index is -0.0910. The van der Waals surface area contributed by atoms with Crippen LogP contribution in [-0.4, -0.2) is 35.4 Å². The summed E-state index contributed by atoms with van der Waals surface area (Å²) in [5.41, 5.74) is 4.66. The quantitative estimate of drug-likeness (QED) is 0.787. The average Bonchev–Trinajstić information content (AvgIpc) is 3.08. The van der Waals surface area contributed by atoms with Crippen molar-refractivity contribution < 1.29 is 14.4 Å². The number of aromatic amines is 1. The van der Waals surface area contributed by atoms with E-state index in [1.54, 1.807) is 0 Å². The molecule has 4 rings (SSSR count). The van der Waals surface area contributed by atoms with Gasteiger partial charge in [-0.25, -0.2) is 0 Å². The van der Waals surface area contributed by atoms with Crippen LogP contribution in [0.3, 0.4) is 0 Å². The van der Waals surface area contributed by atoms with Gasteiger partial charge in [0.25, 0.3) is 5.91 Å². The minimum Gasteiger partial charge on any atom is -0.351 e. The van der Waals surface area contributed by atoms with E-state index in [-0.39, 0.29) is 18.1 Å². The van der Waals surface area contributed by atoms with Crippen LogP contribution in [0.15, 0.2) is 30.3 Å². The van der Waals surface area contributed by atoms with Gasteiger partial charge in [-0.3, -0.25) is 14.4 Å². The third kappa shape index (κ3) is 3.39. The number of rotatable bonds is 4. The van der Waals surface area contributed by atoms with Crippen LogP contribution in [0.1, 0.15) is 43.1 Å². The zero-order chi connectivity index (χ0) is 18.1. The van der Waals surface area contributed by atoms with Crippen LogP contribution >= 0.6 is 0 Å². The lowest BCUT2D eigenvalue weighted by Crippen LogP contribution is -2.53. The van der Waals surface area contributed by atoms with Crippen molar-refractivity contribution in [3.05, 3.63) is 36.0 Å². The fourth-order valence-corrected chi connectivity index (χ4v) is 4.26. The highest BCUT2D eigenvalue weighted by Gasteiger charge is 2.40. The standard InChI is InChI=1S/C20H25N3O3/c1-12-15-7-6-14(24)11-19(15)26-23-16(12)8-9-21-20(25)18-10-13-4-2-3-5-17(13)22-18/h2-5,10,12,15-16,19,22-23H,6-9,11H2,1H3,(H,21,25). The van der Waals surface area contributed by atoms with Crippen molar-refractivity contribution in [2.24, 2.45) is 11.8 Å². The summed E-state index contributed by atoms with van der Waals surface area (Å²) < 4.78 is 0. The molecule has 2 fully saturated rings. The summed E-state index contributed by atoms with van der Waals surface area (Å²) in [6, 6.07) is 9.91. The number of carbonyl (C=O) groups excluding carboxylic acids is 2. The first-order valence-electron chi connectivity index (χ1n) is 9.40. The molecule has 26 heavy (non-hydrogen) atoms. The van der Waals surface area contributed by atoms with Crippen molar-refractivity contribution in [2.45, 2.75) is 44.8 Å². The Morgan fingerprint density at radius 3 is 3.04 bits per heavy atom. The molecule has 1 saturated heterocycles. The number of H-pyrrole nitrogens is 1. The number of amides is 1. The molecule has 6 heteroatoms. The van der Waals surface area contributed by atoms with Crippen LogP contribution in [-0.2, 0) is 9.63 Å². The predicted octanol–water partition coefficient (Wildman–Crippen LogP) is 2.57. The Morgan fingerprint density at radius 2 is 2.19 bits per heavy atom. The van der Waals surface area contributed by atoms with Crippen molar-refractivity contribution in [1.29, 1.82) is 0 Å². The third-order valence-corrected chi connectivity index (χ3v) is 5.86. The fourth-order valence-electron chi connectivity index (χ4n) is 4.26. The summed E-state index contributed by atoms with van der Waals surface area (Å²) in [5.74, 6) is 1.05. The molecular formula is C20H25N3O3. The Kier molecular flexibility index (Phi) is 4.78. The molecule has 0 bridgehead atoms. The number of hydroxylamine groups is 1. The van der Waals surface area contributed by atoms with E-state index < -0.39 is 0 Å². The van der Waals surface area contributed by atoms with Crippen molar-refractivity contribution in [2.75, 3.05) is 6.54 Å². The van der Waals surface area contributed by atoms with Gasteiger partial charge in [-0.2, -0.15) is 5.48 Å². The van der Waals surface area contributed by atoms with Crippen molar-refractivity contribution in [3.8, 4) is 0 Å². The number of Topliss-reactive ketones (excluding diaryl/α,β-unsaturated/α-hetero) is 1. The van der Waals surface area contributed by atoms with Gasteiger partial charge in [-0.15, -0.1) is 0 Å². The van der Waals surface area contributed by atoms with Gasteiger partial charge in [0.1, 0.15) is 11.5 Å². The molecule has 138 valence electrons. The second kappa shape index (κ2) is 7.21. The first-order chi connectivity index (χ1) is 12.6. The molecule has 2 aliphatic rings. The van der Waals surface area contributed by atoms with Crippen LogP contribution in [0.25, 0.3) is 10.9 Å². The summed E-state index contributed by atoms with van der Waals surface area (Å²) in [7, 11) is 0. The topological polar surface area (TPSA) is 83.2 Å². The molecule has 3 N–H and O–H groups in total. The molecule has 4 atom stereocenters. The van der Waals surface area contributed by atoms with Gasteiger partial charge in [0.2, 0.25) is 0 Å². The van der Waals surface area contributed by atoms with E-state index in [4.69, 9.17) is 4.84 Å². The Labute approximate surface area is 152 Å². The number of nitrogens with one attached hydrogen (secondary N) is 3. The lowest BCUT2D eigenvalue weighted by Gasteiger charge is -2.43. The summed E-state index contributed by atoms with van der Waals surface area (Å²) in [6.07, 6.45) is 2.89. The first-order valence-corrected chi connectivity index (χ1v) is 9.40. The van der Waals surface area contributed by atoms with E-state index in [1.165, 1.54) is 0 Å². The summed E-state index contributed by atoms with van der Waals surface area (Å²) >= 11 is 0. The van der Waals surface area contributed by atoms with Crippen molar-refractivity contribution in [3.63, 3.8) is 0 Å². The molecule has 4 unspecified atom stereocenters. The summed E-state index contributed by atoms with van der Waals surface area (Å²) in [4.78, 5) is 32.8. The second-order valence-electron chi connectivity index (χ2n) is 7.50. The van der Waals surface area contributed by atoms with E-state index in [2.05, 4.69) is 22.7 Å². The molecule has 2 aromatic rings. The zero-order valence-electron chi connectivity index (χ0n) is 15.0. The Bertz CT molecular complexity index is 782. The van der Waals surface area contributed by atoms with E-state index in [0.29, 0.717) is 42.7 Å². The molecule has 1 aromatic carbocycles. The van der Waals surface area contributed by atoms with E-state index in [0.717, 1.165) is 23.7 Å². The van der Waals surface area contributed by atoms with Crippen LogP contribution in [0, 0.1) is 11.8 Å². The highest BCUT2D eigenvalue weighted by Crippen LogP contribution is 2.35. The molecule has 1 aromatic heterocycles. The third-order valence-electron chi connectivity index (χ3n) is 5.86. The second-order valence-corrected chi connectivity index (χ2v) is 7.50. The molecule has 1 aliphatic heterocycles.